The number of phenols is 1. The molecule has 9 nitrogen and oxygen atoms in total. The maximum atomic E-state index is 12.9. The molecule has 3 rings (SSSR count). The molecule has 0 saturated heterocycles. The number of benzene rings is 2. The standard InChI is InChI=1S/C16H9Cl2F2N3O6S/c17-8-3-6(23-16(26)21-15(25)12(22-23)14(19)20)4-9(18)13(8)29-7-1-2-10(24)11(5-7)30(27)28/h1-5,14,24H,(H,27,28)(H,21,25,26). The van der Waals surface area contributed by atoms with E-state index in [4.69, 9.17) is 32.5 Å². The van der Waals surface area contributed by atoms with E-state index in [9.17, 15) is 27.7 Å². The quantitative estimate of drug-likeness (QED) is 0.478. The summed E-state index contributed by atoms with van der Waals surface area (Å²) < 4.78 is 52.2. The zero-order valence-electron chi connectivity index (χ0n) is 14.3. The Kier molecular flexibility index (Phi) is 6.22. The summed E-state index contributed by atoms with van der Waals surface area (Å²) in [4.78, 5) is 24.8. The first-order chi connectivity index (χ1) is 14.1. The summed E-state index contributed by atoms with van der Waals surface area (Å²) in [5.74, 6) is -0.566. The summed E-state index contributed by atoms with van der Waals surface area (Å²) in [6.45, 7) is 0. The lowest BCUT2D eigenvalue weighted by Crippen LogP contribution is -2.34. The molecule has 1 aromatic heterocycles. The molecule has 1 heterocycles. The number of aromatic hydroxyl groups is 1. The van der Waals surface area contributed by atoms with Crippen molar-refractivity contribution in [2.24, 2.45) is 0 Å². The number of halogens is 4. The fourth-order valence-corrected chi connectivity index (χ4v) is 3.33. The SMILES string of the molecule is O=c1[nH]c(=O)n(-c2cc(Cl)c(Oc3ccc(O)c(S(=O)O)c3)c(Cl)c2)nc1C(F)F. The molecule has 0 aliphatic rings. The van der Waals surface area contributed by atoms with Gasteiger partial charge in [0.1, 0.15) is 16.4 Å². The van der Waals surface area contributed by atoms with Crippen molar-refractivity contribution < 1.29 is 27.4 Å². The molecule has 0 aliphatic carbocycles. The first kappa shape index (κ1) is 21.9. The van der Waals surface area contributed by atoms with Gasteiger partial charge in [0.2, 0.25) is 0 Å². The molecule has 0 saturated carbocycles. The Hall–Kier alpha value is -2.80. The van der Waals surface area contributed by atoms with Gasteiger partial charge in [-0.15, -0.1) is 0 Å². The number of nitrogens with one attached hydrogen (secondary N) is 1. The molecule has 0 amide bonds. The predicted octanol–water partition coefficient (Wildman–Crippen LogP) is 3.24. The highest BCUT2D eigenvalue weighted by Gasteiger charge is 2.19. The Morgan fingerprint density at radius 2 is 1.80 bits per heavy atom. The monoisotopic (exact) mass is 479 g/mol. The van der Waals surface area contributed by atoms with E-state index in [1.165, 1.54) is 6.07 Å². The smallest absolute Gasteiger partial charge is 0.349 e. The maximum Gasteiger partial charge on any atom is 0.349 e. The predicted molar refractivity (Wildman–Crippen MR) is 103 cm³/mol. The van der Waals surface area contributed by atoms with Gasteiger partial charge in [0.25, 0.3) is 12.0 Å². The minimum Gasteiger partial charge on any atom is -0.507 e. The van der Waals surface area contributed by atoms with Crippen molar-refractivity contribution >= 4 is 34.3 Å². The Morgan fingerprint density at radius 3 is 2.37 bits per heavy atom. The number of alkyl halides is 2. The Bertz CT molecular complexity index is 1260. The lowest BCUT2D eigenvalue weighted by Gasteiger charge is -2.13. The third kappa shape index (κ3) is 4.36. The summed E-state index contributed by atoms with van der Waals surface area (Å²) in [7, 11) is 0. The highest BCUT2D eigenvalue weighted by molar-refractivity contribution is 7.79. The van der Waals surface area contributed by atoms with Crippen LogP contribution in [0.3, 0.4) is 0 Å². The van der Waals surface area contributed by atoms with Gasteiger partial charge in [-0.1, -0.05) is 23.2 Å². The van der Waals surface area contributed by atoms with Gasteiger partial charge in [0.05, 0.1) is 15.7 Å². The molecule has 0 spiro atoms. The summed E-state index contributed by atoms with van der Waals surface area (Å²) in [6, 6.07) is 5.71. The van der Waals surface area contributed by atoms with Crippen LogP contribution in [0.2, 0.25) is 10.0 Å². The number of hydrogen-bond acceptors (Lipinski definition) is 6. The Morgan fingerprint density at radius 1 is 1.17 bits per heavy atom. The normalized spacial score (nSPS) is 12.2. The molecule has 3 N–H and O–H groups in total. The third-order valence-electron chi connectivity index (χ3n) is 3.63. The van der Waals surface area contributed by atoms with Crippen LogP contribution in [-0.2, 0) is 11.1 Å². The minimum atomic E-state index is -3.23. The highest BCUT2D eigenvalue weighted by Crippen LogP contribution is 2.39. The second-order valence-electron chi connectivity index (χ2n) is 5.58. The van der Waals surface area contributed by atoms with E-state index in [1.54, 1.807) is 4.98 Å². The number of rotatable bonds is 5. The lowest BCUT2D eigenvalue weighted by molar-refractivity contribution is 0.141. The van der Waals surface area contributed by atoms with Crippen molar-refractivity contribution in [3.05, 3.63) is 66.9 Å². The number of phenolic OH excluding ortho intramolecular Hbond substituents is 1. The minimum absolute atomic E-state index is 0.000990. The molecular weight excluding hydrogens is 471 g/mol. The number of aromatic nitrogens is 3. The van der Waals surface area contributed by atoms with Crippen LogP contribution in [0.25, 0.3) is 5.69 Å². The molecular formula is C16H9Cl2F2N3O6S. The van der Waals surface area contributed by atoms with Crippen LogP contribution in [0.5, 0.6) is 17.2 Å². The van der Waals surface area contributed by atoms with Gasteiger partial charge in [0.15, 0.2) is 22.5 Å². The van der Waals surface area contributed by atoms with Crippen molar-refractivity contribution in [2.45, 2.75) is 11.3 Å². The van der Waals surface area contributed by atoms with Gasteiger partial charge in [-0.3, -0.25) is 9.78 Å². The van der Waals surface area contributed by atoms with E-state index < -0.39 is 40.2 Å². The van der Waals surface area contributed by atoms with E-state index in [0.29, 0.717) is 4.68 Å². The number of hydrogen-bond donors (Lipinski definition) is 3. The average Bonchev–Trinajstić information content (AvgIpc) is 2.65. The third-order valence-corrected chi connectivity index (χ3v) is 4.89. The van der Waals surface area contributed by atoms with Crippen LogP contribution in [0.15, 0.2) is 44.8 Å². The van der Waals surface area contributed by atoms with Gasteiger partial charge >= 0.3 is 5.69 Å². The van der Waals surface area contributed by atoms with Crippen LogP contribution in [0.1, 0.15) is 12.1 Å². The number of ether oxygens (including phenoxy) is 1. The van der Waals surface area contributed by atoms with Crippen molar-refractivity contribution in [3.8, 4) is 22.9 Å². The lowest BCUT2D eigenvalue weighted by atomic mass is 10.3. The molecule has 30 heavy (non-hydrogen) atoms. The Labute approximate surface area is 177 Å². The van der Waals surface area contributed by atoms with Crippen LogP contribution in [0.4, 0.5) is 8.78 Å². The van der Waals surface area contributed by atoms with Crippen molar-refractivity contribution in [2.75, 3.05) is 0 Å². The number of H-pyrrole nitrogens is 1. The molecule has 158 valence electrons. The van der Waals surface area contributed by atoms with Crippen LogP contribution >= 0.6 is 23.2 Å². The van der Waals surface area contributed by atoms with Gasteiger partial charge in [-0.25, -0.2) is 17.8 Å². The van der Waals surface area contributed by atoms with Crippen LogP contribution in [0, 0.1) is 0 Å². The summed E-state index contributed by atoms with van der Waals surface area (Å²) in [5, 5.41) is 12.6. The number of aromatic amines is 1. The fourth-order valence-electron chi connectivity index (χ4n) is 2.31. The molecule has 14 heteroatoms. The van der Waals surface area contributed by atoms with Gasteiger partial charge in [-0.05, 0) is 24.3 Å². The van der Waals surface area contributed by atoms with Crippen molar-refractivity contribution in [1.82, 2.24) is 14.8 Å². The molecule has 0 aliphatic heterocycles. The van der Waals surface area contributed by atoms with Crippen molar-refractivity contribution in [1.29, 1.82) is 0 Å². The second-order valence-corrected chi connectivity index (χ2v) is 7.33. The van der Waals surface area contributed by atoms with E-state index in [-0.39, 0.29) is 32.1 Å². The first-order valence-electron chi connectivity index (χ1n) is 7.71. The summed E-state index contributed by atoms with van der Waals surface area (Å²) in [5.41, 5.74) is -3.73. The molecule has 1 atom stereocenters. The zero-order chi connectivity index (χ0) is 22.2. The van der Waals surface area contributed by atoms with E-state index in [0.717, 1.165) is 24.3 Å². The van der Waals surface area contributed by atoms with Crippen molar-refractivity contribution in [3.63, 3.8) is 0 Å². The van der Waals surface area contributed by atoms with E-state index >= 15 is 0 Å². The summed E-state index contributed by atoms with van der Waals surface area (Å²) >= 11 is 9.75. The molecule has 3 aromatic rings. The first-order valence-corrected chi connectivity index (χ1v) is 9.57. The van der Waals surface area contributed by atoms with E-state index in [2.05, 4.69) is 5.10 Å². The van der Waals surface area contributed by atoms with Gasteiger partial charge < -0.3 is 14.4 Å². The van der Waals surface area contributed by atoms with Gasteiger partial charge in [-0.2, -0.15) is 9.78 Å². The Balaban J connectivity index is 2.05. The largest absolute Gasteiger partial charge is 0.507 e. The van der Waals surface area contributed by atoms with Crippen LogP contribution in [-0.4, -0.2) is 28.6 Å². The number of nitrogens with zero attached hydrogens (tertiary/aromatic N) is 2. The highest BCUT2D eigenvalue weighted by atomic mass is 35.5. The fraction of sp³-hybridized carbons (Fsp3) is 0.0625. The van der Waals surface area contributed by atoms with Crippen LogP contribution < -0.4 is 16.0 Å². The molecule has 1 unspecified atom stereocenters. The molecule has 0 radical (unpaired) electrons. The summed E-state index contributed by atoms with van der Waals surface area (Å²) in [6.07, 6.45) is -3.23. The zero-order valence-corrected chi connectivity index (χ0v) is 16.6. The molecule has 0 bridgehead atoms. The molecule has 0 fully saturated rings. The van der Waals surface area contributed by atoms with Gasteiger partial charge in [0, 0.05) is 6.07 Å². The topological polar surface area (TPSA) is 135 Å². The maximum absolute atomic E-state index is 12.9. The van der Waals surface area contributed by atoms with E-state index in [1.807, 2.05) is 0 Å². The molecule has 2 aromatic carbocycles. The average molecular weight is 480 g/mol. The second kappa shape index (κ2) is 8.52.